The number of hydrogen-bond acceptors (Lipinski definition) is 6. The lowest BCUT2D eigenvalue weighted by Gasteiger charge is -2.13. The second kappa shape index (κ2) is 5.56. The van der Waals surface area contributed by atoms with Gasteiger partial charge in [0.05, 0.1) is 20.0 Å². The summed E-state index contributed by atoms with van der Waals surface area (Å²) in [5, 5.41) is 0. The molecule has 0 unspecified atom stereocenters. The van der Waals surface area contributed by atoms with E-state index in [2.05, 4.69) is 0 Å². The van der Waals surface area contributed by atoms with Crippen LogP contribution in [0.5, 0.6) is 11.5 Å². The summed E-state index contributed by atoms with van der Waals surface area (Å²) in [6.45, 7) is 1.44. The van der Waals surface area contributed by atoms with Crippen LogP contribution < -0.4 is 9.47 Å². The van der Waals surface area contributed by atoms with E-state index in [9.17, 15) is 16.8 Å². The highest BCUT2D eigenvalue weighted by atomic mass is 35.7. The lowest BCUT2D eigenvalue weighted by atomic mass is 10.3. The van der Waals surface area contributed by atoms with Gasteiger partial charge in [-0.3, -0.25) is 0 Å². The fraction of sp³-hybridized carbons (Fsp3) is 0.400. The number of hydrogen-bond donors (Lipinski definition) is 0. The molecular formula is C10H13ClO6S2. The molecule has 0 aliphatic rings. The van der Waals surface area contributed by atoms with E-state index in [0.29, 0.717) is 0 Å². The molecule has 0 aromatic heterocycles. The molecule has 9 heteroatoms. The van der Waals surface area contributed by atoms with E-state index in [4.69, 9.17) is 20.2 Å². The first-order valence-electron chi connectivity index (χ1n) is 5.10. The molecule has 0 atom stereocenters. The molecule has 0 fully saturated rings. The zero-order chi connectivity index (χ0) is 14.8. The SMILES string of the molecule is CCS(=O)(=O)c1cc(S(=O)(=O)Cl)c(OC)cc1OC. The van der Waals surface area contributed by atoms with Gasteiger partial charge in [-0.2, -0.15) is 0 Å². The van der Waals surface area contributed by atoms with E-state index in [-0.39, 0.29) is 22.1 Å². The zero-order valence-electron chi connectivity index (χ0n) is 10.5. The maximum atomic E-state index is 11.9. The van der Waals surface area contributed by atoms with Gasteiger partial charge in [0.1, 0.15) is 21.3 Å². The predicted molar refractivity (Wildman–Crippen MR) is 70.3 cm³/mol. The van der Waals surface area contributed by atoms with E-state index < -0.39 is 23.8 Å². The fourth-order valence-electron chi connectivity index (χ4n) is 1.43. The van der Waals surface area contributed by atoms with E-state index in [1.165, 1.54) is 27.2 Å². The van der Waals surface area contributed by atoms with Gasteiger partial charge in [0.2, 0.25) is 0 Å². The van der Waals surface area contributed by atoms with Gasteiger partial charge >= 0.3 is 0 Å². The minimum Gasteiger partial charge on any atom is -0.495 e. The van der Waals surface area contributed by atoms with Gasteiger partial charge < -0.3 is 9.47 Å². The Morgan fingerprint density at radius 1 is 1.00 bits per heavy atom. The minimum atomic E-state index is -4.13. The summed E-state index contributed by atoms with van der Waals surface area (Å²) in [5.41, 5.74) is 0. The Kier molecular flexibility index (Phi) is 4.70. The van der Waals surface area contributed by atoms with Gasteiger partial charge in [0.25, 0.3) is 9.05 Å². The molecule has 0 aliphatic heterocycles. The number of ether oxygens (including phenoxy) is 2. The lowest BCUT2D eigenvalue weighted by Crippen LogP contribution is -2.08. The van der Waals surface area contributed by atoms with E-state index in [0.717, 1.165) is 6.07 Å². The molecule has 0 bridgehead atoms. The molecule has 0 heterocycles. The van der Waals surface area contributed by atoms with Crippen molar-refractivity contribution in [1.29, 1.82) is 0 Å². The second-order valence-corrected chi connectivity index (χ2v) is 8.28. The Labute approximate surface area is 116 Å². The van der Waals surface area contributed by atoms with Crippen molar-refractivity contribution in [2.75, 3.05) is 20.0 Å². The molecule has 1 rings (SSSR count). The average molecular weight is 329 g/mol. The largest absolute Gasteiger partial charge is 0.495 e. The first-order chi connectivity index (χ1) is 8.67. The Hall–Kier alpha value is -0.990. The van der Waals surface area contributed by atoms with Gasteiger partial charge in [-0.25, -0.2) is 16.8 Å². The second-order valence-electron chi connectivity index (χ2n) is 3.50. The van der Waals surface area contributed by atoms with Crippen LogP contribution >= 0.6 is 10.7 Å². The van der Waals surface area contributed by atoms with Crippen LogP contribution in [0.4, 0.5) is 0 Å². The fourth-order valence-corrected chi connectivity index (χ4v) is 3.57. The summed E-state index contributed by atoms with van der Waals surface area (Å²) in [6.07, 6.45) is 0. The number of halogens is 1. The molecule has 0 radical (unpaired) electrons. The van der Waals surface area contributed by atoms with Crippen LogP contribution in [-0.2, 0) is 18.9 Å². The third-order valence-corrected chi connectivity index (χ3v) is 5.52. The molecule has 6 nitrogen and oxygen atoms in total. The van der Waals surface area contributed by atoms with Crippen LogP contribution in [0.25, 0.3) is 0 Å². The topological polar surface area (TPSA) is 86.7 Å². The van der Waals surface area contributed by atoms with Crippen molar-refractivity contribution in [3.05, 3.63) is 12.1 Å². The zero-order valence-corrected chi connectivity index (χ0v) is 12.9. The van der Waals surface area contributed by atoms with Crippen molar-refractivity contribution in [2.45, 2.75) is 16.7 Å². The van der Waals surface area contributed by atoms with Gasteiger partial charge in [-0.15, -0.1) is 0 Å². The highest BCUT2D eigenvalue weighted by Crippen LogP contribution is 2.36. The third kappa shape index (κ3) is 3.31. The smallest absolute Gasteiger partial charge is 0.265 e. The molecule has 108 valence electrons. The summed E-state index contributed by atoms with van der Waals surface area (Å²) in [6, 6.07) is 2.12. The molecule has 1 aromatic rings. The van der Waals surface area contributed by atoms with Gasteiger partial charge in [-0.05, 0) is 6.07 Å². The van der Waals surface area contributed by atoms with Crippen molar-refractivity contribution >= 4 is 29.6 Å². The highest BCUT2D eigenvalue weighted by molar-refractivity contribution is 8.13. The molecule has 0 aliphatic carbocycles. The van der Waals surface area contributed by atoms with Crippen LogP contribution in [0.15, 0.2) is 21.9 Å². The summed E-state index contributed by atoms with van der Waals surface area (Å²) in [5.74, 6) is -0.276. The summed E-state index contributed by atoms with van der Waals surface area (Å²) >= 11 is 0. The minimum absolute atomic E-state index is 0.00256. The maximum absolute atomic E-state index is 11.9. The van der Waals surface area contributed by atoms with Crippen molar-refractivity contribution < 1.29 is 26.3 Å². The molecule has 0 saturated heterocycles. The molecular weight excluding hydrogens is 316 g/mol. The summed E-state index contributed by atoms with van der Waals surface area (Å²) in [4.78, 5) is -0.651. The van der Waals surface area contributed by atoms with Crippen LogP contribution in [0, 0.1) is 0 Å². The Bertz CT molecular complexity index is 678. The van der Waals surface area contributed by atoms with Crippen LogP contribution in [0.3, 0.4) is 0 Å². The molecule has 0 amide bonds. The third-order valence-electron chi connectivity index (χ3n) is 2.43. The maximum Gasteiger partial charge on any atom is 0.265 e. The molecule has 1 aromatic carbocycles. The van der Waals surface area contributed by atoms with Crippen molar-refractivity contribution in [2.24, 2.45) is 0 Å². The standard InChI is InChI=1S/C10H13ClO6S2/c1-4-18(12,13)9-6-10(19(11,14)15)8(17-3)5-7(9)16-2/h5-6H,4H2,1-3H3. The number of methoxy groups -OCH3 is 2. The van der Waals surface area contributed by atoms with Gasteiger partial charge in [-0.1, -0.05) is 6.92 Å². The monoisotopic (exact) mass is 328 g/mol. The normalized spacial score (nSPS) is 12.2. The molecule has 0 N–H and O–H groups in total. The van der Waals surface area contributed by atoms with Gasteiger partial charge in [0.15, 0.2) is 9.84 Å². The molecule has 0 spiro atoms. The van der Waals surface area contributed by atoms with Crippen LogP contribution in [0.1, 0.15) is 6.92 Å². The summed E-state index contributed by atoms with van der Waals surface area (Å²) in [7, 11) is -0.00635. The quantitative estimate of drug-likeness (QED) is 0.760. The number of sulfone groups is 1. The first kappa shape index (κ1) is 16.1. The van der Waals surface area contributed by atoms with Crippen LogP contribution in [0.2, 0.25) is 0 Å². The number of benzene rings is 1. The van der Waals surface area contributed by atoms with E-state index >= 15 is 0 Å². The van der Waals surface area contributed by atoms with Crippen molar-refractivity contribution in [3.8, 4) is 11.5 Å². The molecule has 0 saturated carbocycles. The first-order valence-corrected chi connectivity index (χ1v) is 9.07. The average Bonchev–Trinajstić information content (AvgIpc) is 2.35. The Morgan fingerprint density at radius 2 is 1.47 bits per heavy atom. The summed E-state index contributed by atoms with van der Waals surface area (Å²) < 4.78 is 56.5. The van der Waals surface area contributed by atoms with Crippen molar-refractivity contribution in [3.63, 3.8) is 0 Å². The van der Waals surface area contributed by atoms with E-state index in [1.54, 1.807) is 0 Å². The molecule has 19 heavy (non-hydrogen) atoms. The lowest BCUT2D eigenvalue weighted by molar-refractivity contribution is 0.379. The van der Waals surface area contributed by atoms with E-state index in [1.807, 2.05) is 0 Å². The Balaban J connectivity index is 3.76. The van der Waals surface area contributed by atoms with Crippen molar-refractivity contribution in [1.82, 2.24) is 0 Å². The van der Waals surface area contributed by atoms with Crippen LogP contribution in [-0.4, -0.2) is 36.8 Å². The highest BCUT2D eigenvalue weighted by Gasteiger charge is 2.25. The predicted octanol–water partition coefficient (Wildman–Crippen LogP) is 1.42. The number of rotatable bonds is 5. The van der Waals surface area contributed by atoms with Gasteiger partial charge in [0, 0.05) is 16.7 Å². The Morgan fingerprint density at radius 3 is 1.84 bits per heavy atom.